The van der Waals surface area contributed by atoms with Crippen LogP contribution in [0.3, 0.4) is 0 Å². The maximum atomic E-state index is 11.6. The van der Waals surface area contributed by atoms with E-state index in [0.29, 0.717) is 12.6 Å². The van der Waals surface area contributed by atoms with Gasteiger partial charge in [0.25, 0.3) is 0 Å². The molecule has 2 rings (SSSR count). The highest BCUT2D eigenvalue weighted by Gasteiger charge is 2.27. The topological polar surface area (TPSA) is 74.0 Å². The van der Waals surface area contributed by atoms with E-state index >= 15 is 0 Å². The van der Waals surface area contributed by atoms with Gasteiger partial charge >= 0.3 is 0 Å². The van der Waals surface area contributed by atoms with Gasteiger partial charge in [-0.15, -0.1) is 0 Å². The summed E-state index contributed by atoms with van der Waals surface area (Å²) in [4.78, 5) is 21.1. The third-order valence-corrected chi connectivity index (χ3v) is 5.25. The Morgan fingerprint density at radius 1 is 1.19 bits per heavy atom. The number of nitrogens with one attached hydrogen (secondary N) is 1. The molecular weight excluding hydrogens is 338 g/mol. The van der Waals surface area contributed by atoms with Crippen molar-refractivity contribution < 1.29 is 4.79 Å². The Labute approximate surface area is 163 Å². The predicted octanol–water partition coefficient (Wildman–Crippen LogP) is 2.23. The number of guanidine groups is 1. The molecule has 27 heavy (non-hydrogen) atoms. The van der Waals surface area contributed by atoms with E-state index in [0.717, 1.165) is 45.1 Å². The SMILES string of the molecule is CCNC(=NCC(C)(C)C(N)=O)N1CCN(C(CC)c2ccccc2)CC1. The van der Waals surface area contributed by atoms with E-state index in [1.807, 2.05) is 13.8 Å². The van der Waals surface area contributed by atoms with Gasteiger partial charge in [0.05, 0.1) is 12.0 Å². The Morgan fingerprint density at radius 2 is 1.81 bits per heavy atom. The molecule has 1 aliphatic heterocycles. The molecule has 1 aromatic rings. The van der Waals surface area contributed by atoms with Crippen LogP contribution >= 0.6 is 0 Å². The molecule has 150 valence electrons. The van der Waals surface area contributed by atoms with Crippen LogP contribution in [0, 0.1) is 5.41 Å². The number of hydrogen-bond donors (Lipinski definition) is 2. The number of amides is 1. The van der Waals surface area contributed by atoms with Gasteiger partial charge in [-0.3, -0.25) is 14.7 Å². The Bertz CT molecular complexity index is 621. The van der Waals surface area contributed by atoms with Gasteiger partial charge in [-0.05, 0) is 32.8 Å². The first-order chi connectivity index (χ1) is 12.9. The summed E-state index contributed by atoms with van der Waals surface area (Å²) in [6.45, 7) is 13.0. The summed E-state index contributed by atoms with van der Waals surface area (Å²) in [6, 6.07) is 11.2. The van der Waals surface area contributed by atoms with Crippen LogP contribution in [0.2, 0.25) is 0 Å². The molecule has 1 heterocycles. The number of carbonyl (C=O) groups is 1. The molecular formula is C21H35N5O. The van der Waals surface area contributed by atoms with Crippen molar-refractivity contribution >= 4 is 11.9 Å². The number of carbonyl (C=O) groups excluding carboxylic acids is 1. The van der Waals surface area contributed by atoms with Crippen LogP contribution in [0.15, 0.2) is 35.3 Å². The maximum absolute atomic E-state index is 11.6. The molecule has 1 unspecified atom stereocenters. The lowest BCUT2D eigenvalue weighted by Crippen LogP contribution is -2.53. The highest BCUT2D eigenvalue weighted by atomic mass is 16.1. The monoisotopic (exact) mass is 373 g/mol. The average molecular weight is 374 g/mol. The quantitative estimate of drug-likeness (QED) is 0.568. The van der Waals surface area contributed by atoms with Crippen LogP contribution in [-0.2, 0) is 4.79 Å². The van der Waals surface area contributed by atoms with Crippen LogP contribution < -0.4 is 11.1 Å². The van der Waals surface area contributed by atoms with Crippen molar-refractivity contribution in [2.75, 3.05) is 39.3 Å². The highest BCUT2D eigenvalue weighted by Crippen LogP contribution is 2.25. The Balaban J connectivity index is 2.01. The first kappa shape index (κ1) is 21.2. The zero-order valence-electron chi connectivity index (χ0n) is 17.2. The summed E-state index contributed by atoms with van der Waals surface area (Å²) in [5.74, 6) is 0.555. The third kappa shape index (κ3) is 5.70. The summed E-state index contributed by atoms with van der Waals surface area (Å²) < 4.78 is 0. The van der Waals surface area contributed by atoms with Crippen LogP contribution in [0.25, 0.3) is 0 Å². The Morgan fingerprint density at radius 3 is 2.33 bits per heavy atom. The zero-order chi connectivity index (χ0) is 19.9. The molecule has 0 radical (unpaired) electrons. The highest BCUT2D eigenvalue weighted by molar-refractivity contribution is 5.82. The second-order valence-electron chi connectivity index (χ2n) is 7.78. The van der Waals surface area contributed by atoms with Gasteiger partial charge in [-0.2, -0.15) is 0 Å². The molecule has 1 saturated heterocycles. The first-order valence-corrected chi connectivity index (χ1v) is 10.0. The molecule has 0 aromatic heterocycles. The fourth-order valence-corrected chi connectivity index (χ4v) is 3.40. The molecule has 0 aliphatic carbocycles. The number of aliphatic imine (C=N–C) groups is 1. The lowest BCUT2D eigenvalue weighted by atomic mass is 9.93. The van der Waals surface area contributed by atoms with Crippen LogP contribution in [0.1, 0.15) is 45.7 Å². The number of piperazine rings is 1. The second kappa shape index (κ2) is 9.74. The number of benzene rings is 1. The van der Waals surface area contributed by atoms with Gasteiger partial charge in [0.2, 0.25) is 5.91 Å². The average Bonchev–Trinajstić information content (AvgIpc) is 2.67. The first-order valence-electron chi connectivity index (χ1n) is 10.0. The molecule has 1 aromatic carbocycles. The number of primary amides is 1. The van der Waals surface area contributed by atoms with Crippen molar-refractivity contribution in [2.45, 2.75) is 40.2 Å². The van der Waals surface area contributed by atoms with Gasteiger partial charge in [0.1, 0.15) is 0 Å². The lowest BCUT2D eigenvalue weighted by molar-refractivity contribution is -0.125. The van der Waals surface area contributed by atoms with Crippen molar-refractivity contribution in [3.63, 3.8) is 0 Å². The molecule has 0 spiro atoms. The number of nitrogens with zero attached hydrogens (tertiary/aromatic N) is 3. The standard InChI is InChI=1S/C21H35N5O/c1-5-18(17-10-8-7-9-11-17)25-12-14-26(15-13-25)20(23-6-2)24-16-21(3,4)19(22)27/h7-11,18H,5-6,12-16H2,1-4H3,(H2,22,27)(H,23,24). The van der Waals surface area contributed by atoms with Crippen LogP contribution in [0.4, 0.5) is 0 Å². The molecule has 1 atom stereocenters. The van der Waals surface area contributed by atoms with Gasteiger partial charge in [0, 0.05) is 38.8 Å². The van der Waals surface area contributed by atoms with Crippen molar-refractivity contribution in [2.24, 2.45) is 16.1 Å². The zero-order valence-corrected chi connectivity index (χ0v) is 17.2. The third-order valence-electron chi connectivity index (χ3n) is 5.25. The van der Waals surface area contributed by atoms with Crippen molar-refractivity contribution in [1.29, 1.82) is 0 Å². The van der Waals surface area contributed by atoms with Gasteiger partial charge < -0.3 is 16.0 Å². The number of hydrogen-bond acceptors (Lipinski definition) is 3. The predicted molar refractivity (Wildman–Crippen MR) is 112 cm³/mol. The van der Waals surface area contributed by atoms with Crippen molar-refractivity contribution in [3.8, 4) is 0 Å². The van der Waals surface area contributed by atoms with E-state index in [-0.39, 0.29) is 5.91 Å². The summed E-state index contributed by atoms with van der Waals surface area (Å²) >= 11 is 0. The van der Waals surface area contributed by atoms with E-state index in [4.69, 9.17) is 10.7 Å². The molecule has 3 N–H and O–H groups in total. The molecule has 0 bridgehead atoms. The van der Waals surface area contributed by atoms with Gasteiger partial charge in [0.15, 0.2) is 5.96 Å². The van der Waals surface area contributed by atoms with E-state index in [2.05, 4.69) is 59.3 Å². The molecule has 1 aliphatic rings. The Hall–Kier alpha value is -2.08. The summed E-state index contributed by atoms with van der Waals surface area (Å²) in [7, 11) is 0. The minimum atomic E-state index is -0.636. The molecule has 0 saturated carbocycles. The molecule has 6 nitrogen and oxygen atoms in total. The smallest absolute Gasteiger partial charge is 0.224 e. The second-order valence-corrected chi connectivity index (χ2v) is 7.78. The minimum Gasteiger partial charge on any atom is -0.369 e. The minimum absolute atomic E-state index is 0.319. The largest absolute Gasteiger partial charge is 0.369 e. The van der Waals surface area contributed by atoms with Crippen molar-refractivity contribution in [3.05, 3.63) is 35.9 Å². The van der Waals surface area contributed by atoms with E-state index in [1.165, 1.54) is 5.56 Å². The molecule has 6 heteroatoms. The molecule has 1 amide bonds. The van der Waals surface area contributed by atoms with Crippen LogP contribution in [0.5, 0.6) is 0 Å². The van der Waals surface area contributed by atoms with E-state index < -0.39 is 5.41 Å². The van der Waals surface area contributed by atoms with Gasteiger partial charge in [-0.1, -0.05) is 37.3 Å². The molecule has 1 fully saturated rings. The van der Waals surface area contributed by atoms with Crippen LogP contribution in [-0.4, -0.2) is 60.9 Å². The van der Waals surface area contributed by atoms with E-state index in [1.54, 1.807) is 0 Å². The lowest BCUT2D eigenvalue weighted by Gasteiger charge is -2.40. The summed E-state index contributed by atoms with van der Waals surface area (Å²) in [6.07, 6.45) is 1.10. The fourth-order valence-electron chi connectivity index (χ4n) is 3.40. The maximum Gasteiger partial charge on any atom is 0.224 e. The fraction of sp³-hybridized carbons (Fsp3) is 0.619. The van der Waals surface area contributed by atoms with E-state index in [9.17, 15) is 4.79 Å². The Kier molecular flexibility index (Phi) is 7.66. The van der Waals surface area contributed by atoms with Crippen molar-refractivity contribution in [1.82, 2.24) is 15.1 Å². The number of rotatable bonds is 7. The van der Waals surface area contributed by atoms with Gasteiger partial charge in [-0.25, -0.2) is 0 Å². The normalized spacial score (nSPS) is 17.6. The summed E-state index contributed by atoms with van der Waals surface area (Å²) in [5.41, 5.74) is 6.23. The number of nitrogens with two attached hydrogens (primary N) is 1. The summed E-state index contributed by atoms with van der Waals surface area (Å²) in [5, 5.41) is 3.36.